The molecule has 0 aromatic heterocycles. The molecule has 1 aromatic rings. The monoisotopic (exact) mass is 390 g/mol. The van der Waals surface area contributed by atoms with Gasteiger partial charge in [0.2, 0.25) is 0 Å². The summed E-state index contributed by atoms with van der Waals surface area (Å²) in [5, 5.41) is 3.75. The number of nitrogens with zero attached hydrogens (tertiary/aromatic N) is 1. The lowest BCUT2D eigenvalue weighted by molar-refractivity contribution is -0.0358. The second-order valence-corrected chi connectivity index (χ2v) is 8.05. The van der Waals surface area contributed by atoms with E-state index in [0.29, 0.717) is 6.61 Å². The van der Waals surface area contributed by atoms with Gasteiger partial charge in [-0.1, -0.05) is 19.4 Å². The van der Waals surface area contributed by atoms with Gasteiger partial charge < -0.3 is 19.5 Å². The van der Waals surface area contributed by atoms with Gasteiger partial charge in [0.25, 0.3) is 0 Å². The molecule has 5 nitrogen and oxygen atoms in total. The number of benzene rings is 1. The van der Waals surface area contributed by atoms with E-state index in [4.69, 9.17) is 14.2 Å². The Kier molecular flexibility index (Phi) is 8.44. The SMILES string of the molecule is CCCOc1ccc(CNCC2(N3CCCCC3)CCOCC2)cc1OCC. The van der Waals surface area contributed by atoms with Crippen LogP contribution >= 0.6 is 0 Å². The summed E-state index contributed by atoms with van der Waals surface area (Å²) in [6.07, 6.45) is 7.31. The van der Waals surface area contributed by atoms with E-state index in [1.165, 1.54) is 37.9 Å². The molecule has 2 aliphatic rings. The van der Waals surface area contributed by atoms with Crippen LogP contribution in [0.3, 0.4) is 0 Å². The van der Waals surface area contributed by atoms with E-state index in [1.54, 1.807) is 0 Å². The van der Waals surface area contributed by atoms with Crippen LogP contribution in [0, 0.1) is 0 Å². The van der Waals surface area contributed by atoms with Crippen LogP contribution in [0.2, 0.25) is 0 Å². The summed E-state index contributed by atoms with van der Waals surface area (Å²) in [7, 11) is 0. The maximum absolute atomic E-state index is 5.82. The quantitative estimate of drug-likeness (QED) is 0.654. The lowest BCUT2D eigenvalue weighted by Gasteiger charge is -2.48. The van der Waals surface area contributed by atoms with Crippen LogP contribution in [0.1, 0.15) is 57.9 Å². The minimum Gasteiger partial charge on any atom is -0.490 e. The molecule has 1 aromatic carbocycles. The zero-order chi connectivity index (χ0) is 19.7. The molecule has 0 radical (unpaired) electrons. The van der Waals surface area contributed by atoms with Crippen molar-refractivity contribution in [2.75, 3.05) is 46.1 Å². The van der Waals surface area contributed by atoms with Gasteiger partial charge in [-0.15, -0.1) is 0 Å². The summed E-state index contributed by atoms with van der Waals surface area (Å²) in [5.41, 5.74) is 1.50. The second kappa shape index (κ2) is 11.0. The average molecular weight is 391 g/mol. The van der Waals surface area contributed by atoms with Crippen LogP contribution in [0.25, 0.3) is 0 Å². The Bertz CT molecular complexity index is 581. The molecule has 5 heteroatoms. The first-order valence-electron chi connectivity index (χ1n) is 11.2. The van der Waals surface area contributed by atoms with Crippen molar-refractivity contribution in [3.05, 3.63) is 23.8 Å². The fraction of sp³-hybridized carbons (Fsp3) is 0.739. The molecule has 28 heavy (non-hydrogen) atoms. The van der Waals surface area contributed by atoms with Gasteiger partial charge in [-0.2, -0.15) is 0 Å². The Morgan fingerprint density at radius 2 is 1.82 bits per heavy atom. The van der Waals surface area contributed by atoms with Crippen molar-refractivity contribution in [2.45, 2.75) is 64.5 Å². The Morgan fingerprint density at radius 1 is 1.04 bits per heavy atom. The number of nitrogens with one attached hydrogen (secondary N) is 1. The van der Waals surface area contributed by atoms with E-state index < -0.39 is 0 Å². The van der Waals surface area contributed by atoms with E-state index >= 15 is 0 Å². The van der Waals surface area contributed by atoms with Gasteiger partial charge >= 0.3 is 0 Å². The molecule has 0 atom stereocenters. The predicted molar refractivity (Wildman–Crippen MR) is 113 cm³/mol. The van der Waals surface area contributed by atoms with Crippen molar-refractivity contribution in [3.63, 3.8) is 0 Å². The lowest BCUT2D eigenvalue weighted by Crippen LogP contribution is -2.59. The minimum absolute atomic E-state index is 0.256. The molecule has 3 rings (SSSR count). The molecule has 0 unspecified atom stereocenters. The van der Waals surface area contributed by atoms with Gasteiger partial charge in [0, 0.05) is 31.8 Å². The minimum atomic E-state index is 0.256. The van der Waals surface area contributed by atoms with Gasteiger partial charge in [0.05, 0.1) is 13.2 Å². The summed E-state index contributed by atoms with van der Waals surface area (Å²) >= 11 is 0. The predicted octanol–water partition coefficient (Wildman–Crippen LogP) is 4.00. The average Bonchev–Trinajstić information content (AvgIpc) is 2.75. The van der Waals surface area contributed by atoms with Crippen molar-refractivity contribution in [2.24, 2.45) is 0 Å². The van der Waals surface area contributed by atoms with Crippen molar-refractivity contribution >= 4 is 0 Å². The summed E-state index contributed by atoms with van der Waals surface area (Å²) < 4.78 is 17.3. The molecular formula is C23H38N2O3. The Balaban J connectivity index is 1.60. The number of likely N-dealkylation sites (tertiary alicyclic amines) is 1. The third kappa shape index (κ3) is 5.62. The van der Waals surface area contributed by atoms with Crippen LogP contribution in [0.4, 0.5) is 0 Å². The molecule has 0 saturated carbocycles. The topological polar surface area (TPSA) is 43.0 Å². The van der Waals surface area contributed by atoms with E-state index in [0.717, 1.165) is 63.7 Å². The van der Waals surface area contributed by atoms with Gasteiger partial charge in [0.15, 0.2) is 11.5 Å². The zero-order valence-corrected chi connectivity index (χ0v) is 17.8. The third-order valence-corrected chi connectivity index (χ3v) is 6.00. The maximum Gasteiger partial charge on any atom is 0.161 e. The van der Waals surface area contributed by atoms with Crippen LogP contribution in [0.15, 0.2) is 18.2 Å². The van der Waals surface area contributed by atoms with E-state index in [1.807, 2.05) is 13.0 Å². The Morgan fingerprint density at radius 3 is 2.54 bits per heavy atom. The van der Waals surface area contributed by atoms with Gasteiger partial charge in [0.1, 0.15) is 0 Å². The van der Waals surface area contributed by atoms with Crippen molar-refractivity contribution < 1.29 is 14.2 Å². The first-order chi connectivity index (χ1) is 13.8. The molecule has 2 fully saturated rings. The third-order valence-electron chi connectivity index (χ3n) is 6.00. The molecule has 0 bridgehead atoms. The fourth-order valence-electron chi connectivity index (χ4n) is 4.43. The summed E-state index contributed by atoms with van der Waals surface area (Å²) in [6, 6.07) is 6.32. The number of hydrogen-bond acceptors (Lipinski definition) is 5. The Hall–Kier alpha value is -1.30. The molecule has 2 saturated heterocycles. The number of ether oxygens (including phenoxy) is 3. The van der Waals surface area contributed by atoms with Gasteiger partial charge in [-0.3, -0.25) is 4.90 Å². The first kappa shape index (κ1) is 21.4. The summed E-state index contributed by atoms with van der Waals surface area (Å²) in [4.78, 5) is 2.74. The van der Waals surface area contributed by atoms with E-state index in [2.05, 4.69) is 29.3 Å². The summed E-state index contributed by atoms with van der Waals surface area (Å²) in [5.74, 6) is 1.70. The Labute approximate surface area is 170 Å². The van der Waals surface area contributed by atoms with E-state index in [9.17, 15) is 0 Å². The highest BCUT2D eigenvalue weighted by Crippen LogP contribution is 2.31. The molecule has 0 spiro atoms. The van der Waals surface area contributed by atoms with Crippen LogP contribution in [0.5, 0.6) is 11.5 Å². The number of hydrogen-bond donors (Lipinski definition) is 1. The normalized spacial score (nSPS) is 20.1. The lowest BCUT2D eigenvalue weighted by atomic mass is 9.86. The van der Waals surface area contributed by atoms with Crippen LogP contribution < -0.4 is 14.8 Å². The molecule has 1 N–H and O–H groups in total. The van der Waals surface area contributed by atoms with Crippen molar-refractivity contribution in [3.8, 4) is 11.5 Å². The largest absolute Gasteiger partial charge is 0.490 e. The molecule has 2 heterocycles. The second-order valence-electron chi connectivity index (χ2n) is 8.05. The highest BCUT2D eigenvalue weighted by molar-refractivity contribution is 5.43. The maximum atomic E-state index is 5.82. The van der Waals surface area contributed by atoms with Crippen LogP contribution in [-0.4, -0.2) is 56.5 Å². The number of rotatable bonds is 10. The molecule has 2 aliphatic heterocycles. The molecular weight excluding hydrogens is 352 g/mol. The molecule has 0 aliphatic carbocycles. The smallest absolute Gasteiger partial charge is 0.161 e. The van der Waals surface area contributed by atoms with Crippen molar-refractivity contribution in [1.82, 2.24) is 10.2 Å². The standard InChI is InChI=1S/C23H38N2O3/c1-3-14-28-21-9-8-20(17-22(21)27-4-2)18-24-19-23(10-15-26-16-11-23)25-12-6-5-7-13-25/h8-9,17,24H,3-7,10-16,18-19H2,1-2H3. The number of piperidine rings is 1. The highest BCUT2D eigenvalue weighted by Gasteiger charge is 2.38. The van der Waals surface area contributed by atoms with E-state index in [-0.39, 0.29) is 5.54 Å². The zero-order valence-electron chi connectivity index (χ0n) is 17.8. The molecule has 0 amide bonds. The molecule has 158 valence electrons. The van der Waals surface area contributed by atoms with Crippen molar-refractivity contribution in [1.29, 1.82) is 0 Å². The van der Waals surface area contributed by atoms with Gasteiger partial charge in [-0.05, 0) is 69.8 Å². The fourth-order valence-corrected chi connectivity index (χ4v) is 4.43. The van der Waals surface area contributed by atoms with Crippen LogP contribution in [-0.2, 0) is 11.3 Å². The first-order valence-corrected chi connectivity index (χ1v) is 11.2. The summed E-state index contributed by atoms with van der Waals surface area (Å²) in [6.45, 7) is 11.6. The van der Waals surface area contributed by atoms with Gasteiger partial charge in [-0.25, -0.2) is 0 Å². The highest BCUT2D eigenvalue weighted by atomic mass is 16.5.